The molecule has 1 atom stereocenters. The van der Waals surface area contributed by atoms with Crippen molar-refractivity contribution in [3.63, 3.8) is 0 Å². The van der Waals surface area contributed by atoms with E-state index in [4.69, 9.17) is 0 Å². The maximum absolute atomic E-state index is 12.1. The number of carbonyl (C=O) groups excluding carboxylic acids is 1. The zero-order chi connectivity index (χ0) is 16.2. The number of nitrogens with zero attached hydrogens (tertiary/aromatic N) is 2. The number of hydrogen-bond acceptors (Lipinski definition) is 4. The van der Waals surface area contributed by atoms with Gasteiger partial charge in [-0.25, -0.2) is 0 Å². The zero-order valence-electron chi connectivity index (χ0n) is 13.6. The highest BCUT2D eigenvalue weighted by atomic mass is 32.1. The molecule has 0 aliphatic carbocycles. The van der Waals surface area contributed by atoms with Crippen molar-refractivity contribution >= 4 is 22.4 Å². The van der Waals surface area contributed by atoms with Crippen molar-refractivity contribution in [1.82, 2.24) is 10.2 Å². The van der Waals surface area contributed by atoms with Gasteiger partial charge >= 0.3 is 0 Å². The molecule has 0 aliphatic rings. The number of hydrogen-bond donors (Lipinski definition) is 1. The van der Waals surface area contributed by atoms with Crippen molar-refractivity contribution < 1.29 is 4.79 Å². The van der Waals surface area contributed by atoms with Crippen LogP contribution >= 0.6 is 11.3 Å². The summed E-state index contributed by atoms with van der Waals surface area (Å²) >= 11 is 1.40. The third kappa shape index (κ3) is 5.22. The van der Waals surface area contributed by atoms with E-state index in [2.05, 4.69) is 43.2 Å². The summed E-state index contributed by atoms with van der Waals surface area (Å²) in [5.74, 6) is 0.356. The van der Waals surface area contributed by atoms with Gasteiger partial charge in [-0.15, -0.1) is 10.2 Å². The van der Waals surface area contributed by atoms with Gasteiger partial charge in [0.05, 0.1) is 0 Å². The normalized spacial score (nSPS) is 12.9. The Labute approximate surface area is 136 Å². The molecule has 2 rings (SSSR count). The molecule has 1 aromatic heterocycles. The van der Waals surface area contributed by atoms with E-state index in [1.165, 1.54) is 11.3 Å². The first kappa shape index (κ1) is 16.6. The van der Waals surface area contributed by atoms with E-state index in [1.807, 2.05) is 30.3 Å². The molecule has 118 valence electrons. The van der Waals surface area contributed by atoms with Crippen LogP contribution in [0.3, 0.4) is 0 Å². The molecule has 4 nitrogen and oxygen atoms in total. The number of aromatic nitrogens is 2. The van der Waals surface area contributed by atoms with Gasteiger partial charge in [0.2, 0.25) is 11.0 Å². The molecule has 0 saturated heterocycles. The van der Waals surface area contributed by atoms with Gasteiger partial charge in [0.1, 0.15) is 5.01 Å². The van der Waals surface area contributed by atoms with Gasteiger partial charge in [-0.05, 0) is 17.8 Å². The molecule has 0 saturated carbocycles. The van der Waals surface area contributed by atoms with Gasteiger partial charge in [-0.1, -0.05) is 69.4 Å². The summed E-state index contributed by atoms with van der Waals surface area (Å²) in [5, 5.41) is 12.4. The predicted molar refractivity (Wildman–Crippen MR) is 91.8 cm³/mol. The number of anilines is 1. The molecule has 1 unspecified atom stereocenters. The van der Waals surface area contributed by atoms with E-state index in [1.54, 1.807) is 0 Å². The Morgan fingerprint density at radius 1 is 1.23 bits per heavy atom. The van der Waals surface area contributed by atoms with Crippen molar-refractivity contribution in [1.29, 1.82) is 0 Å². The zero-order valence-corrected chi connectivity index (χ0v) is 14.4. The Bertz CT molecular complexity index is 616. The molecule has 0 bridgehead atoms. The minimum absolute atomic E-state index is 0.00696. The van der Waals surface area contributed by atoms with Crippen molar-refractivity contribution in [2.24, 2.45) is 11.3 Å². The molecule has 0 fully saturated rings. The topological polar surface area (TPSA) is 54.9 Å². The summed E-state index contributed by atoms with van der Waals surface area (Å²) in [4.78, 5) is 12.1. The first-order valence-electron chi connectivity index (χ1n) is 7.52. The molecule has 1 heterocycles. The second-order valence-electron chi connectivity index (χ2n) is 6.90. The smallest absolute Gasteiger partial charge is 0.226 e. The van der Waals surface area contributed by atoms with Crippen LogP contribution < -0.4 is 5.32 Å². The van der Waals surface area contributed by atoms with Crippen LogP contribution in [0.5, 0.6) is 0 Å². The fraction of sp³-hybridized carbons (Fsp3) is 0.471. The highest BCUT2D eigenvalue weighted by molar-refractivity contribution is 7.18. The van der Waals surface area contributed by atoms with E-state index in [-0.39, 0.29) is 11.3 Å². The Kier molecular flexibility index (Phi) is 5.29. The third-order valence-electron chi connectivity index (χ3n) is 3.19. The van der Waals surface area contributed by atoms with Crippen LogP contribution in [0.15, 0.2) is 30.3 Å². The van der Waals surface area contributed by atoms with Crippen LogP contribution in [0, 0.1) is 11.3 Å². The van der Waals surface area contributed by atoms with Gasteiger partial charge in [0.25, 0.3) is 0 Å². The molecule has 0 spiro atoms. The molecule has 0 aliphatic heterocycles. The monoisotopic (exact) mass is 317 g/mol. The first-order chi connectivity index (χ1) is 10.3. The Morgan fingerprint density at radius 3 is 2.55 bits per heavy atom. The van der Waals surface area contributed by atoms with Crippen LogP contribution in [0.1, 0.15) is 40.5 Å². The number of benzene rings is 1. The van der Waals surface area contributed by atoms with Crippen molar-refractivity contribution in [3.05, 3.63) is 30.3 Å². The summed E-state index contributed by atoms with van der Waals surface area (Å²) in [6.07, 6.45) is 1.53. The van der Waals surface area contributed by atoms with Crippen LogP contribution in [0.2, 0.25) is 0 Å². The van der Waals surface area contributed by atoms with E-state index in [0.717, 1.165) is 17.0 Å². The SMILES string of the molecule is CC(CC(=O)Nc1nnc(-c2ccccc2)s1)CC(C)(C)C. The fourth-order valence-electron chi connectivity index (χ4n) is 2.58. The first-order valence-corrected chi connectivity index (χ1v) is 8.34. The maximum atomic E-state index is 12.1. The highest BCUT2D eigenvalue weighted by Crippen LogP contribution is 2.28. The number of carbonyl (C=O) groups is 1. The molecule has 1 N–H and O–H groups in total. The van der Waals surface area contributed by atoms with Crippen molar-refractivity contribution in [3.8, 4) is 10.6 Å². The summed E-state index contributed by atoms with van der Waals surface area (Å²) < 4.78 is 0. The van der Waals surface area contributed by atoms with Gasteiger partial charge in [-0.3, -0.25) is 4.79 Å². The maximum Gasteiger partial charge on any atom is 0.226 e. The third-order valence-corrected chi connectivity index (χ3v) is 4.07. The van der Waals surface area contributed by atoms with E-state index in [0.29, 0.717) is 17.5 Å². The van der Waals surface area contributed by atoms with Gasteiger partial charge < -0.3 is 5.32 Å². The summed E-state index contributed by atoms with van der Waals surface area (Å²) in [7, 11) is 0. The van der Waals surface area contributed by atoms with Gasteiger partial charge in [0, 0.05) is 12.0 Å². The van der Waals surface area contributed by atoms with Crippen LogP contribution in [0.4, 0.5) is 5.13 Å². The minimum atomic E-state index is 0.00696. The summed E-state index contributed by atoms with van der Waals surface area (Å²) in [6, 6.07) is 9.85. The average Bonchev–Trinajstić information content (AvgIpc) is 2.85. The molecule has 1 aromatic carbocycles. The van der Waals surface area contributed by atoms with Crippen molar-refractivity contribution in [2.45, 2.75) is 40.5 Å². The fourth-order valence-corrected chi connectivity index (χ4v) is 3.34. The van der Waals surface area contributed by atoms with E-state index in [9.17, 15) is 4.79 Å². The van der Waals surface area contributed by atoms with Crippen molar-refractivity contribution in [2.75, 3.05) is 5.32 Å². The summed E-state index contributed by atoms with van der Waals surface area (Å²) in [5.41, 5.74) is 1.25. The lowest BCUT2D eigenvalue weighted by Gasteiger charge is -2.22. The number of nitrogens with one attached hydrogen (secondary N) is 1. The number of amides is 1. The standard InChI is InChI=1S/C17H23N3OS/c1-12(11-17(2,3)4)10-14(21)18-16-20-19-15(22-16)13-8-6-5-7-9-13/h5-9,12H,10-11H2,1-4H3,(H,18,20,21). The molecule has 1 amide bonds. The summed E-state index contributed by atoms with van der Waals surface area (Å²) in [6.45, 7) is 8.69. The second kappa shape index (κ2) is 7.01. The van der Waals surface area contributed by atoms with Gasteiger partial charge in [0.15, 0.2) is 0 Å². The lowest BCUT2D eigenvalue weighted by molar-refractivity contribution is -0.117. The predicted octanol–water partition coefficient (Wildman–Crippen LogP) is 4.61. The Hall–Kier alpha value is -1.75. The molecule has 5 heteroatoms. The quantitative estimate of drug-likeness (QED) is 0.876. The average molecular weight is 317 g/mol. The highest BCUT2D eigenvalue weighted by Gasteiger charge is 2.18. The lowest BCUT2D eigenvalue weighted by Crippen LogP contribution is -2.18. The second-order valence-corrected chi connectivity index (χ2v) is 7.88. The van der Waals surface area contributed by atoms with E-state index >= 15 is 0 Å². The molecule has 22 heavy (non-hydrogen) atoms. The van der Waals surface area contributed by atoms with Crippen LogP contribution in [-0.4, -0.2) is 16.1 Å². The molecule has 0 radical (unpaired) electrons. The van der Waals surface area contributed by atoms with Gasteiger partial charge in [-0.2, -0.15) is 0 Å². The lowest BCUT2D eigenvalue weighted by atomic mass is 9.84. The molecular formula is C17H23N3OS. The molecule has 2 aromatic rings. The number of rotatable bonds is 5. The van der Waals surface area contributed by atoms with Crippen LogP contribution in [-0.2, 0) is 4.79 Å². The minimum Gasteiger partial charge on any atom is -0.301 e. The van der Waals surface area contributed by atoms with Crippen LogP contribution in [0.25, 0.3) is 10.6 Å². The Morgan fingerprint density at radius 2 is 1.91 bits per heavy atom. The largest absolute Gasteiger partial charge is 0.301 e. The Balaban J connectivity index is 1.92. The van der Waals surface area contributed by atoms with E-state index < -0.39 is 0 Å². The molecular weight excluding hydrogens is 294 g/mol.